The van der Waals surface area contributed by atoms with E-state index in [4.69, 9.17) is 5.73 Å². The molecule has 136 valence electrons. The molecule has 0 aliphatic carbocycles. The van der Waals surface area contributed by atoms with Gasteiger partial charge in [0.05, 0.1) is 24.7 Å². The number of hydrogen-bond donors (Lipinski definition) is 2. The molecule has 0 radical (unpaired) electrons. The summed E-state index contributed by atoms with van der Waals surface area (Å²) < 4.78 is 13.9. The zero-order valence-electron chi connectivity index (χ0n) is 14.4. The van der Waals surface area contributed by atoms with Gasteiger partial charge in [-0.2, -0.15) is 0 Å². The molecule has 7 heteroatoms. The Labute approximate surface area is 147 Å². The van der Waals surface area contributed by atoms with Crippen molar-refractivity contribution in [2.24, 2.45) is 11.7 Å². The van der Waals surface area contributed by atoms with E-state index in [1.165, 1.54) is 6.07 Å². The Bertz CT molecular complexity index is 631. The number of piperidine rings is 1. The maximum atomic E-state index is 13.9. The highest BCUT2D eigenvalue weighted by Gasteiger charge is 2.30. The van der Waals surface area contributed by atoms with Gasteiger partial charge in [-0.1, -0.05) is 12.1 Å². The standard InChI is InChI=1S/C18H25FN4O2/c19-15-5-1-2-6-16(15)22-8-10-23(11-9-22)17(24)13-21-7-3-4-14(12-21)18(20)25/h1-2,5-6,14H,3-4,7-13H2,(H2,20,25)/p+1/t14-/m0/s1. The van der Waals surface area contributed by atoms with Crippen molar-refractivity contribution in [3.05, 3.63) is 30.1 Å². The molecule has 6 nitrogen and oxygen atoms in total. The van der Waals surface area contributed by atoms with Crippen LogP contribution in [0, 0.1) is 11.7 Å². The van der Waals surface area contributed by atoms with Gasteiger partial charge in [-0.25, -0.2) is 4.39 Å². The first-order valence-corrected chi connectivity index (χ1v) is 8.94. The zero-order chi connectivity index (χ0) is 17.8. The highest BCUT2D eigenvalue weighted by molar-refractivity contribution is 5.78. The summed E-state index contributed by atoms with van der Waals surface area (Å²) in [4.78, 5) is 28.9. The maximum absolute atomic E-state index is 13.9. The fourth-order valence-electron chi connectivity index (χ4n) is 3.79. The van der Waals surface area contributed by atoms with Gasteiger partial charge in [-0.05, 0) is 25.0 Å². The summed E-state index contributed by atoms with van der Waals surface area (Å²) in [5, 5.41) is 0. The Kier molecular flexibility index (Phi) is 5.53. The van der Waals surface area contributed by atoms with Gasteiger partial charge in [0.15, 0.2) is 6.54 Å². The van der Waals surface area contributed by atoms with Crippen LogP contribution in [0.25, 0.3) is 0 Å². The molecule has 2 amide bonds. The first kappa shape index (κ1) is 17.7. The van der Waals surface area contributed by atoms with Gasteiger partial charge in [-0.15, -0.1) is 0 Å². The Hall–Kier alpha value is -2.15. The lowest BCUT2D eigenvalue weighted by atomic mass is 9.97. The monoisotopic (exact) mass is 349 g/mol. The fraction of sp³-hybridized carbons (Fsp3) is 0.556. The quantitative estimate of drug-likeness (QED) is 0.752. The number of piperazine rings is 1. The van der Waals surface area contributed by atoms with Gasteiger partial charge in [0, 0.05) is 26.2 Å². The van der Waals surface area contributed by atoms with Gasteiger partial charge in [-0.3, -0.25) is 9.59 Å². The Balaban J connectivity index is 1.50. The van der Waals surface area contributed by atoms with E-state index < -0.39 is 0 Å². The number of nitrogens with two attached hydrogens (primary N) is 1. The van der Waals surface area contributed by atoms with E-state index in [1.807, 2.05) is 15.9 Å². The molecule has 2 saturated heterocycles. The molecule has 2 aliphatic heterocycles. The summed E-state index contributed by atoms with van der Waals surface area (Å²) in [6, 6.07) is 6.74. The van der Waals surface area contributed by atoms with Gasteiger partial charge in [0.2, 0.25) is 5.91 Å². The van der Waals surface area contributed by atoms with E-state index in [0.29, 0.717) is 45.0 Å². The van der Waals surface area contributed by atoms with Crippen molar-refractivity contribution in [3.63, 3.8) is 0 Å². The Morgan fingerprint density at radius 3 is 2.60 bits per heavy atom. The number of quaternary nitrogens is 1. The van der Waals surface area contributed by atoms with Crippen LogP contribution in [0.5, 0.6) is 0 Å². The zero-order valence-corrected chi connectivity index (χ0v) is 14.4. The van der Waals surface area contributed by atoms with Crippen LogP contribution in [0.4, 0.5) is 10.1 Å². The van der Waals surface area contributed by atoms with Crippen molar-refractivity contribution >= 4 is 17.5 Å². The smallest absolute Gasteiger partial charge is 0.277 e. The minimum atomic E-state index is -0.261. The number of likely N-dealkylation sites (tertiary alicyclic amines) is 1. The van der Waals surface area contributed by atoms with Crippen molar-refractivity contribution in [1.29, 1.82) is 0 Å². The van der Waals surface area contributed by atoms with Crippen molar-refractivity contribution < 1.29 is 18.9 Å². The lowest BCUT2D eigenvalue weighted by molar-refractivity contribution is -0.899. The lowest BCUT2D eigenvalue weighted by Gasteiger charge is -2.37. The van der Waals surface area contributed by atoms with E-state index in [9.17, 15) is 14.0 Å². The summed E-state index contributed by atoms with van der Waals surface area (Å²) >= 11 is 0. The van der Waals surface area contributed by atoms with Gasteiger partial charge in [0.1, 0.15) is 5.82 Å². The third-order valence-corrected chi connectivity index (χ3v) is 5.25. The second-order valence-corrected chi connectivity index (χ2v) is 6.94. The molecule has 2 heterocycles. The van der Waals surface area contributed by atoms with Crippen LogP contribution in [0.3, 0.4) is 0 Å². The highest BCUT2D eigenvalue weighted by Crippen LogP contribution is 2.20. The van der Waals surface area contributed by atoms with Gasteiger partial charge >= 0.3 is 0 Å². The van der Waals surface area contributed by atoms with E-state index in [0.717, 1.165) is 24.3 Å². The summed E-state index contributed by atoms with van der Waals surface area (Å²) in [7, 11) is 0. The number of anilines is 1. The van der Waals surface area contributed by atoms with Crippen molar-refractivity contribution in [2.45, 2.75) is 12.8 Å². The molecule has 1 aromatic carbocycles. The van der Waals surface area contributed by atoms with Crippen molar-refractivity contribution in [2.75, 3.05) is 50.7 Å². The predicted octanol–water partition coefficient (Wildman–Crippen LogP) is -0.745. The molecule has 0 aromatic heterocycles. The molecule has 1 aromatic rings. The number of rotatable bonds is 4. The third-order valence-electron chi connectivity index (χ3n) is 5.25. The first-order chi connectivity index (χ1) is 12.0. The van der Waals surface area contributed by atoms with E-state index in [-0.39, 0.29) is 23.5 Å². The number of carbonyl (C=O) groups excluding carboxylic acids is 2. The van der Waals surface area contributed by atoms with E-state index >= 15 is 0 Å². The maximum Gasteiger partial charge on any atom is 0.277 e. The molecule has 2 aliphatic rings. The number of para-hydroxylation sites is 1. The molecular weight excluding hydrogens is 323 g/mol. The fourth-order valence-corrected chi connectivity index (χ4v) is 3.79. The summed E-state index contributed by atoms with van der Waals surface area (Å²) in [6.07, 6.45) is 1.76. The molecule has 2 fully saturated rings. The van der Waals surface area contributed by atoms with Crippen LogP contribution >= 0.6 is 0 Å². The minimum absolute atomic E-state index is 0.105. The second-order valence-electron chi connectivity index (χ2n) is 6.94. The van der Waals surface area contributed by atoms with Crippen molar-refractivity contribution in [3.8, 4) is 0 Å². The number of amides is 2. The van der Waals surface area contributed by atoms with Gasteiger partial charge < -0.3 is 20.4 Å². The Morgan fingerprint density at radius 2 is 1.92 bits per heavy atom. The van der Waals surface area contributed by atoms with Crippen LogP contribution in [-0.4, -0.2) is 62.5 Å². The lowest BCUT2D eigenvalue weighted by Crippen LogP contribution is -3.15. The number of halogens is 1. The van der Waals surface area contributed by atoms with E-state index in [2.05, 4.69) is 0 Å². The molecule has 1 unspecified atom stereocenters. The molecule has 0 saturated carbocycles. The highest BCUT2D eigenvalue weighted by atomic mass is 19.1. The van der Waals surface area contributed by atoms with Crippen LogP contribution in [-0.2, 0) is 9.59 Å². The first-order valence-electron chi connectivity index (χ1n) is 8.94. The molecular formula is C18H26FN4O2+. The average Bonchev–Trinajstić information content (AvgIpc) is 2.62. The molecule has 3 rings (SSSR count). The van der Waals surface area contributed by atoms with Crippen LogP contribution in [0.2, 0.25) is 0 Å². The predicted molar refractivity (Wildman–Crippen MR) is 92.7 cm³/mol. The van der Waals surface area contributed by atoms with Crippen LogP contribution in [0.1, 0.15) is 12.8 Å². The normalized spacial score (nSPS) is 24.2. The largest absolute Gasteiger partial charge is 0.369 e. The Morgan fingerprint density at radius 1 is 1.20 bits per heavy atom. The number of nitrogens with zero attached hydrogens (tertiary/aromatic N) is 2. The summed E-state index contributed by atoms with van der Waals surface area (Å²) in [6.45, 7) is 4.42. The van der Waals surface area contributed by atoms with Gasteiger partial charge in [0.25, 0.3) is 5.91 Å². The van der Waals surface area contributed by atoms with Crippen LogP contribution in [0.15, 0.2) is 24.3 Å². The summed E-state index contributed by atoms with van der Waals surface area (Å²) in [5.74, 6) is -0.497. The number of primary amides is 1. The summed E-state index contributed by atoms with van der Waals surface area (Å²) in [5.41, 5.74) is 6.00. The number of hydrogen-bond acceptors (Lipinski definition) is 3. The van der Waals surface area contributed by atoms with Crippen molar-refractivity contribution in [1.82, 2.24) is 4.90 Å². The topological polar surface area (TPSA) is 71.1 Å². The number of nitrogens with one attached hydrogen (secondary N) is 1. The molecule has 3 N–H and O–H groups in total. The van der Waals surface area contributed by atoms with Crippen LogP contribution < -0.4 is 15.5 Å². The molecule has 25 heavy (non-hydrogen) atoms. The number of carbonyl (C=O) groups is 2. The SMILES string of the molecule is NC(=O)[C@H]1CCC[NH+](CC(=O)N2CCN(c3ccccc3F)CC2)C1. The molecule has 2 atom stereocenters. The number of benzene rings is 1. The molecule has 0 spiro atoms. The van der Waals surface area contributed by atoms with E-state index in [1.54, 1.807) is 12.1 Å². The second kappa shape index (κ2) is 7.82. The third kappa shape index (κ3) is 4.28. The average molecular weight is 349 g/mol. The molecule has 0 bridgehead atoms. The minimum Gasteiger partial charge on any atom is -0.369 e.